The van der Waals surface area contributed by atoms with E-state index in [2.05, 4.69) is 24.5 Å². The number of halogens is 1. The molecule has 2 aromatic carbocycles. The van der Waals surface area contributed by atoms with E-state index < -0.39 is 0 Å². The number of carbonyl (C=O) groups is 1. The van der Waals surface area contributed by atoms with E-state index in [1.54, 1.807) is 24.5 Å². The summed E-state index contributed by atoms with van der Waals surface area (Å²) in [6.45, 7) is 5.75. The maximum Gasteiger partial charge on any atom is 0.251 e. The topological polar surface area (TPSA) is 59.6 Å². The predicted molar refractivity (Wildman–Crippen MR) is 128 cm³/mol. The molecule has 7 heteroatoms. The van der Waals surface area contributed by atoms with Crippen molar-refractivity contribution in [3.05, 3.63) is 74.9 Å². The SMILES string of the molecule is COc1cc(CNc2cccc(C(=O)NCC(C)C)c2)cc(Cl)c1OCc1cccs1. The number of rotatable bonds is 10. The molecule has 3 rings (SSSR count). The molecule has 0 saturated heterocycles. The van der Waals surface area contributed by atoms with Crippen molar-refractivity contribution in [2.24, 2.45) is 5.92 Å². The minimum Gasteiger partial charge on any atom is -0.493 e. The second-order valence-corrected chi connectivity index (χ2v) is 8.95. The van der Waals surface area contributed by atoms with Gasteiger partial charge in [0.05, 0.1) is 12.1 Å². The highest BCUT2D eigenvalue weighted by atomic mass is 35.5. The van der Waals surface area contributed by atoms with Gasteiger partial charge in [0.25, 0.3) is 5.91 Å². The quantitative estimate of drug-likeness (QED) is 0.392. The highest BCUT2D eigenvalue weighted by Crippen LogP contribution is 2.37. The molecule has 5 nitrogen and oxygen atoms in total. The number of benzene rings is 2. The van der Waals surface area contributed by atoms with Gasteiger partial charge >= 0.3 is 0 Å². The Balaban J connectivity index is 1.65. The number of amides is 1. The van der Waals surface area contributed by atoms with Crippen molar-refractivity contribution in [1.29, 1.82) is 0 Å². The van der Waals surface area contributed by atoms with Gasteiger partial charge in [0, 0.05) is 29.2 Å². The summed E-state index contributed by atoms with van der Waals surface area (Å²) in [4.78, 5) is 13.4. The van der Waals surface area contributed by atoms with Crippen LogP contribution in [-0.4, -0.2) is 19.6 Å². The summed E-state index contributed by atoms with van der Waals surface area (Å²) in [6.07, 6.45) is 0. The number of thiophene rings is 1. The maximum absolute atomic E-state index is 12.3. The molecule has 1 aromatic heterocycles. The number of methoxy groups -OCH3 is 1. The lowest BCUT2D eigenvalue weighted by Crippen LogP contribution is -2.27. The van der Waals surface area contributed by atoms with E-state index in [9.17, 15) is 4.79 Å². The second kappa shape index (κ2) is 11.1. The zero-order valence-corrected chi connectivity index (χ0v) is 19.5. The third-order valence-electron chi connectivity index (χ3n) is 4.52. The molecule has 164 valence electrons. The van der Waals surface area contributed by atoms with Crippen LogP contribution in [0, 0.1) is 5.92 Å². The molecule has 2 N–H and O–H groups in total. The first-order chi connectivity index (χ1) is 15.0. The van der Waals surface area contributed by atoms with Gasteiger partial charge < -0.3 is 20.1 Å². The van der Waals surface area contributed by atoms with Crippen molar-refractivity contribution in [3.63, 3.8) is 0 Å². The summed E-state index contributed by atoms with van der Waals surface area (Å²) in [7, 11) is 1.60. The van der Waals surface area contributed by atoms with Gasteiger partial charge in [-0.15, -0.1) is 11.3 Å². The summed E-state index contributed by atoms with van der Waals surface area (Å²) in [5.41, 5.74) is 2.42. The fraction of sp³-hybridized carbons (Fsp3) is 0.292. The Morgan fingerprint density at radius 3 is 2.71 bits per heavy atom. The highest BCUT2D eigenvalue weighted by Gasteiger charge is 2.13. The van der Waals surface area contributed by atoms with Crippen LogP contribution >= 0.6 is 22.9 Å². The van der Waals surface area contributed by atoms with Crippen LogP contribution in [-0.2, 0) is 13.2 Å². The Labute approximate surface area is 192 Å². The second-order valence-electron chi connectivity index (χ2n) is 7.52. The average Bonchev–Trinajstić information content (AvgIpc) is 3.28. The number of hydrogen-bond donors (Lipinski definition) is 2. The number of nitrogens with one attached hydrogen (secondary N) is 2. The van der Waals surface area contributed by atoms with Crippen molar-refractivity contribution >= 4 is 34.5 Å². The Morgan fingerprint density at radius 2 is 2.00 bits per heavy atom. The molecule has 0 fully saturated rings. The van der Waals surface area contributed by atoms with Gasteiger partial charge in [-0.25, -0.2) is 0 Å². The fourth-order valence-electron chi connectivity index (χ4n) is 2.93. The largest absolute Gasteiger partial charge is 0.493 e. The van der Waals surface area contributed by atoms with Crippen molar-refractivity contribution in [2.45, 2.75) is 27.0 Å². The summed E-state index contributed by atoms with van der Waals surface area (Å²) < 4.78 is 11.4. The molecule has 0 saturated carbocycles. The molecule has 0 unspecified atom stereocenters. The van der Waals surface area contributed by atoms with Gasteiger partial charge in [-0.05, 0) is 53.3 Å². The highest BCUT2D eigenvalue weighted by molar-refractivity contribution is 7.09. The van der Waals surface area contributed by atoms with Crippen LogP contribution in [0.25, 0.3) is 0 Å². The van der Waals surface area contributed by atoms with E-state index in [1.165, 1.54) is 0 Å². The first-order valence-electron chi connectivity index (χ1n) is 10.1. The molecule has 1 amide bonds. The van der Waals surface area contributed by atoms with E-state index >= 15 is 0 Å². The van der Waals surface area contributed by atoms with Gasteiger partial charge in [-0.1, -0.05) is 37.6 Å². The number of hydrogen-bond acceptors (Lipinski definition) is 5. The molecule has 0 spiro atoms. The van der Waals surface area contributed by atoms with Crippen LogP contribution in [0.4, 0.5) is 5.69 Å². The Bertz CT molecular complexity index is 1010. The lowest BCUT2D eigenvalue weighted by atomic mass is 10.1. The van der Waals surface area contributed by atoms with Gasteiger partial charge in [0.1, 0.15) is 6.61 Å². The fourth-order valence-corrected chi connectivity index (χ4v) is 3.83. The normalized spacial score (nSPS) is 10.7. The van der Waals surface area contributed by atoms with E-state index in [1.807, 2.05) is 47.8 Å². The van der Waals surface area contributed by atoms with Gasteiger partial charge in [0.2, 0.25) is 0 Å². The van der Waals surface area contributed by atoms with Crippen molar-refractivity contribution in [1.82, 2.24) is 5.32 Å². The summed E-state index contributed by atoms with van der Waals surface area (Å²) in [6, 6.07) is 15.2. The van der Waals surface area contributed by atoms with Crippen LogP contribution in [0.3, 0.4) is 0 Å². The molecule has 0 atom stereocenters. The summed E-state index contributed by atoms with van der Waals surface area (Å²) in [5, 5.41) is 8.78. The molecule has 31 heavy (non-hydrogen) atoms. The summed E-state index contributed by atoms with van der Waals surface area (Å²) in [5.74, 6) is 1.45. The van der Waals surface area contributed by atoms with Crippen LogP contribution in [0.15, 0.2) is 53.9 Å². The minimum atomic E-state index is -0.0747. The molecule has 0 bridgehead atoms. The molecule has 3 aromatic rings. The van der Waals surface area contributed by atoms with Crippen LogP contribution in [0.2, 0.25) is 5.02 Å². The van der Waals surface area contributed by atoms with E-state index in [-0.39, 0.29) is 5.91 Å². The van der Waals surface area contributed by atoms with Gasteiger partial charge in [0.15, 0.2) is 11.5 Å². The monoisotopic (exact) mass is 458 g/mol. The smallest absolute Gasteiger partial charge is 0.251 e. The third kappa shape index (κ3) is 6.64. The van der Waals surface area contributed by atoms with Crippen LogP contribution in [0.5, 0.6) is 11.5 Å². The van der Waals surface area contributed by atoms with E-state index in [0.29, 0.717) is 47.7 Å². The standard InChI is InChI=1S/C24H27ClN2O3S/c1-16(2)13-27-24(28)18-6-4-7-19(12-18)26-14-17-10-21(25)23(22(11-17)29-3)30-15-20-8-5-9-31-20/h4-12,16,26H,13-15H2,1-3H3,(H,27,28). The molecule has 0 aliphatic carbocycles. The lowest BCUT2D eigenvalue weighted by molar-refractivity contribution is 0.0949. The molecule has 0 aliphatic heterocycles. The van der Waals surface area contributed by atoms with Crippen molar-refractivity contribution in [3.8, 4) is 11.5 Å². The van der Waals surface area contributed by atoms with Crippen LogP contribution < -0.4 is 20.1 Å². The molecular weight excluding hydrogens is 432 g/mol. The van der Waals surface area contributed by atoms with E-state index in [4.69, 9.17) is 21.1 Å². The van der Waals surface area contributed by atoms with E-state index in [0.717, 1.165) is 16.1 Å². The molecule has 0 aliphatic rings. The number of ether oxygens (including phenoxy) is 2. The number of anilines is 1. The van der Waals surface area contributed by atoms with Gasteiger partial charge in [-0.2, -0.15) is 0 Å². The van der Waals surface area contributed by atoms with Crippen LogP contribution in [0.1, 0.15) is 34.6 Å². The zero-order valence-electron chi connectivity index (χ0n) is 17.9. The van der Waals surface area contributed by atoms with Crippen molar-refractivity contribution < 1.29 is 14.3 Å². The third-order valence-corrected chi connectivity index (χ3v) is 5.65. The first-order valence-corrected chi connectivity index (χ1v) is 11.4. The minimum absolute atomic E-state index is 0.0747. The zero-order chi connectivity index (χ0) is 22.2. The maximum atomic E-state index is 12.3. The molecule has 0 radical (unpaired) electrons. The van der Waals surface area contributed by atoms with Gasteiger partial charge in [-0.3, -0.25) is 4.79 Å². The predicted octanol–water partition coefficient (Wildman–Crippen LogP) is 5.99. The molecular formula is C24H27ClN2O3S. The molecule has 1 heterocycles. The lowest BCUT2D eigenvalue weighted by Gasteiger charge is -2.15. The Morgan fingerprint density at radius 1 is 1.16 bits per heavy atom. The summed E-state index contributed by atoms with van der Waals surface area (Å²) >= 11 is 8.11. The Kier molecular flexibility index (Phi) is 8.20. The average molecular weight is 459 g/mol. The first kappa shape index (κ1) is 23.0. The number of carbonyl (C=O) groups excluding carboxylic acids is 1. The Hall–Kier alpha value is -2.70. The van der Waals surface area contributed by atoms with Crippen molar-refractivity contribution in [2.75, 3.05) is 19.0 Å².